The number of rotatable bonds is 6. The molecule has 3 heteroatoms. The van der Waals surface area contributed by atoms with Gasteiger partial charge in [-0.1, -0.05) is 54.1 Å². The van der Waals surface area contributed by atoms with Gasteiger partial charge in [-0.25, -0.2) is 0 Å². The number of likely N-dealkylation sites (N-methyl/N-ethyl adjacent to an activating group) is 1. The lowest BCUT2D eigenvalue weighted by Gasteiger charge is -2.18. The van der Waals surface area contributed by atoms with Crippen molar-refractivity contribution in [2.24, 2.45) is 0 Å². The molecule has 19 heavy (non-hydrogen) atoms. The van der Waals surface area contributed by atoms with Gasteiger partial charge in [0.1, 0.15) is 0 Å². The van der Waals surface area contributed by atoms with E-state index in [0.29, 0.717) is 6.61 Å². The molecule has 0 saturated carbocycles. The molecular weight excluding hydrogens is 258 g/mol. The fraction of sp³-hybridized carbons (Fsp3) is 0.250. The molecule has 1 unspecified atom stereocenters. The lowest BCUT2D eigenvalue weighted by Crippen LogP contribution is -2.19. The van der Waals surface area contributed by atoms with Gasteiger partial charge in [-0.15, -0.1) is 0 Å². The molecule has 1 N–H and O–H groups in total. The van der Waals surface area contributed by atoms with E-state index in [2.05, 4.69) is 17.4 Å². The van der Waals surface area contributed by atoms with Crippen molar-refractivity contribution < 1.29 is 4.74 Å². The Morgan fingerprint density at radius 2 is 1.74 bits per heavy atom. The average Bonchev–Trinajstić information content (AvgIpc) is 2.46. The third-order valence-corrected chi connectivity index (χ3v) is 3.18. The number of halogens is 1. The van der Waals surface area contributed by atoms with Crippen LogP contribution in [0.15, 0.2) is 54.6 Å². The lowest BCUT2D eigenvalue weighted by atomic mass is 10.1. The molecule has 100 valence electrons. The zero-order chi connectivity index (χ0) is 13.5. The first kappa shape index (κ1) is 14.1. The number of nitrogens with one attached hydrogen (secondary N) is 1. The Hall–Kier alpha value is -1.35. The van der Waals surface area contributed by atoms with Crippen molar-refractivity contribution in [3.05, 3.63) is 70.7 Å². The molecule has 0 saturated heterocycles. The molecule has 0 aliphatic carbocycles. The molecule has 2 aromatic carbocycles. The van der Waals surface area contributed by atoms with Gasteiger partial charge in [0.15, 0.2) is 0 Å². The molecule has 0 aliphatic heterocycles. The molecule has 0 amide bonds. The number of benzene rings is 2. The van der Waals surface area contributed by atoms with Crippen LogP contribution in [0.4, 0.5) is 0 Å². The molecule has 2 nitrogen and oxygen atoms in total. The normalized spacial score (nSPS) is 12.3. The fourth-order valence-electron chi connectivity index (χ4n) is 1.90. The van der Waals surface area contributed by atoms with Crippen LogP contribution in [0.25, 0.3) is 0 Å². The number of hydrogen-bond donors (Lipinski definition) is 1. The van der Waals surface area contributed by atoms with Crippen molar-refractivity contribution in [1.29, 1.82) is 0 Å². The summed E-state index contributed by atoms with van der Waals surface area (Å²) in [6.07, 6.45) is 0.0573. The Kier molecular flexibility index (Phi) is 5.40. The van der Waals surface area contributed by atoms with Crippen LogP contribution >= 0.6 is 11.6 Å². The van der Waals surface area contributed by atoms with Crippen LogP contribution in [0.2, 0.25) is 5.02 Å². The van der Waals surface area contributed by atoms with Crippen LogP contribution in [0.3, 0.4) is 0 Å². The van der Waals surface area contributed by atoms with E-state index in [-0.39, 0.29) is 6.10 Å². The fourth-order valence-corrected chi connectivity index (χ4v) is 2.03. The van der Waals surface area contributed by atoms with Crippen molar-refractivity contribution >= 4 is 11.6 Å². The highest BCUT2D eigenvalue weighted by Crippen LogP contribution is 2.19. The Balaban J connectivity index is 1.99. The lowest BCUT2D eigenvalue weighted by molar-refractivity contribution is 0.0411. The molecule has 2 aromatic rings. The third kappa shape index (κ3) is 4.35. The summed E-state index contributed by atoms with van der Waals surface area (Å²) in [5.74, 6) is 0. The standard InChI is InChI=1S/C16H18ClNO/c1-18-11-16(14-5-3-2-4-6-14)19-12-13-7-9-15(17)10-8-13/h2-10,16,18H,11-12H2,1H3. The molecule has 0 heterocycles. The summed E-state index contributed by atoms with van der Waals surface area (Å²) in [6.45, 7) is 1.37. The molecule has 0 aromatic heterocycles. The van der Waals surface area contributed by atoms with Crippen LogP contribution in [-0.4, -0.2) is 13.6 Å². The summed E-state index contributed by atoms with van der Waals surface area (Å²) in [5.41, 5.74) is 2.31. The Bertz CT molecular complexity index is 484. The zero-order valence-electron chi connectivity index (χ0n) is 11.0. The first-order chi connectivity index (χ1) is 9.29. The Morgan fingerprint density at radius 3 is 2.37 bits per heavy atom. The second kappa shape index (κ2) is 7.29. The van der Waals surface area contributed by atoms with Crippen LogP contribution < -0.4 is 5.32 Å². The minimum Gasteiger partial charge on any atom is -0.368 e. The molecule has 0 spiro atoms. The van der Waals surface area contributed by atoms with Crippen LogP contribution in [0, 0.1) is 0 Å². The average molecular weight is 276 g/mol. The van der Waals surface area contributed by atoms with Crippen molar-refractivity contribution in [1.82, 2.24) is 5.32 Å². The van der Waals surface area contributed by atoms with E-state index in [1.165, 1.54) is 5.56 Å². The highest BCUT2D eigenvalue weighted by atomic mass is 35.5. The molecule has 0 bridgehead atoms. The molecule has 0 radical (unpaired) electrons. The van der Waals surface area contributed by atoms with Gasteiger partial charge in [-0.2, -0.15) is 0 Å². The third-order valence-electron chi connectivity index (χ3n) is 2.93. The maximum atomic E-state index is 5.99. The summed E-state index contributed by atoms with van der Waals surface area (Å²) in [4.78, 5) is 0. The predicted octanol–water partition coefficient (Wildman–Crippen LogP) is 3.82. The molecular formula is C16H18ClNO. The summed E-state index contributed by atoms with van der Waals surface area (Å²) < 4.78 is 5.99. The van der Waals surface area contributed by atoms with Crippen molar-refractivity contribution in [3.63, 3.8) is 0 Å². The first-order valence-corrected chi connectivity index (χ1v) is 6.73. The molecule has 0 aliphatic rings. The summed E-state index contributed by atoms with van der Waals surface area (Å²) in [5, 5.41) is 3.91. The quantitative estimate of drug-likeness (QED) is 0.865. The van der Waals surface area contributed by atoms with Gasteiger partial charge in [-0.05, 0) is 30.3 Å². The number of ether oxygens (including phenoxy) is 1. The summed E-state index contributed by atoms with van der Waals surface area (Å²) in [7, 11) is 1.93. The van der Waals surface area contributed by atoms with Crippen LogP contribution in [-0.2, 0) is 11.3 Å². The van der Waals surface area contributed by atoms with E-state index in [4.69, 9.17) is 16.3 Å². The van der Waals surface area contributed by atoms with Gasteiger partial charge < -0.3 is 10.1 Å². The minimum atomic E-state index is 0.0573. The van der Waals surface area contributed by atoms with Gasteiger partial charge in [0, 0.05) is 11.6 Å². The minimum absolute atomic E-state index is 0.0573. The van der Waals surface area contributed by atoms with Gasteiger partial charge in [-0.3, -0.25) is 0 Å². The van der Waals surface area contributed by atoms with E-state index >= 15 is 0 Å². The highest BCUT2D eigenvalue weighted by molar-refractivity contribution is 6.30. The maximum Gasteiger partial charge on any atom is 0.0953 e. The maximum absolute atomic E-state index is 5.99. The van der Waals surface area contributed by atoms with E-state index in [1.54, 1.807) is 0 Å². The largest absolute Gasteiger partial charge is 0.368 e. The molecule has 0 fully saturated rings. The summed E-state index contributed by atoms with van der Waals surface area (Å²) >= 11 is 5.87. The Labute approximate surface area is 119 Å². The Morgan fingerprint density at radius 1 is 1.05 bits per heavy atom. The van der Waals surface area contributed by atoms with Crippen molar-refractivity contribution in [2.45, 2.75) is 12.7 Å². The zero-order valence-corrected chi connectivity index (χ0v) is 11.7. The van der Waals surface area contributed by atoms with Gasteiger partial charge in [0.2, 0.25) is 0 Å². The monoisotopic (exact) mass is 275 g/mol. The summed E-state index contributed by atoms with van der Waals surface area (Å²) in [6, 6.07) is 18.0. The molecule has 1 atom stereocenters. The van der Waals surface area contributed by atoms with Crippen molar-refractivity contribution in [2.75, 3.05) is 13.6 Å². The first-order valence-electron chi connectivity index (χ1n) is 6.35. The van der Waals surface area contributed by atoms with Crippen molar-refractivity contribution in [3.8, 4) is 0 Å². The highest BCUT2D eigenvalue weighted by Gasteiger charge is 2.10. The van der Waals surface area contributed by atoms with Gasteiger partial charge >= 0.3 is 0 Å². The van der Waals surface area contributed by atoms with E-state index in [1.807, 2.05) is 49.5 Å². The smallest absolute Gasteiger partial charge is 0.0953 e. The van der Waals surface area contributed by atoms with E-state index in [0.717, 1.165) is 17.1 Å². The SMILES string of the molecule is CNCC(OCc1ccc(Cl)cc1)c1ccccc1. The van der Waals surface area contributed by atoms with E-state index in [9.17, 15) is 0 Å². The van der Waals surface area contributed by atoms with E-state index < -0.39 is 0 Å². The number of hydrogen-bond acceptors (Lipinski definition) is 2. The van der Waals surface area contributed by atoms with Gasteiger partial charge in [0.25, 0.3) is 0 Å². The molecule has 2 rings (SSSR count). The van der Waals surface area contributed by atoms with Crippen LogP contribution in [0.1, 0.15) is 17.2 Å². The predicted molar refractivity (Wildman–Crippen MR) is 79.4 cm³/mol. The second-order valence-corrected chi connectivity index (χ2v) is 4.83. The topological polar surface area (TPSA) is 21.3 Å². The second-order valence-electron chi connectivity index (χ2n) is 4.39. The van der Waals surface area contributed by atoms with Gasteiger partial charge in [0.05, 0.1) is 12.7 Å². The van der Waals surface area contributed by atoms with Crippen LogP contribution in [0.5, 0.6) is 0 Å².